The quantitative estimate of drug-likeness (QED) is 0.198. The van der Waals surface area contributed by atoms with E-state index in [1.165, 1.54) is 33.7 Å². The van der Waals surface area contributed by atoms with E-state index in [1.54, 1.807) is 14.2 Å². The second-order valence-corrected chi connectivity index (χ2v) is 9.83. The lowest BCUT2D eigenvalue weighted by Crippen LogP contribution is -2.21. The van der Waals surface area contributed by atoms with Crippen LogP contribution in [0.5, 0.6) is 11.5 Å². The van der Waals surface area contributed by atoms with Gasteiger partial charge in [0.25, 0.3) is 0 Å². The van der Waals surface area contributed by atoms with Gasteiger partial charge in [0.05, 0.1) is 14.2 Å². The van der Waals surface area contributed by atoms with Crippen LogP contribution in [0.3, 0.4) is 0 Å². The van der Waals surface area contributed by atoms with Gasteiger partial charge in [0.15, 0.2) is 0 Å². The number of hydrogen-bond donors (Lipinski definition) is 0. The Bertz CT molecular complexity index is 1220. The topological polar surface area (TPSA) is 24.7 Å². The van der Waals surface area contributed by atoms with Gasteiger partial charge in [-0.3, -0.25) is 0 Å². The molecule has 0 saturated heterocycles. The molecule has 0 N–H and O–H groups in total. The lowest BCUT2D eigenvalue weighted by atomic mass is 9.93. The predicted molar refractivity (Wildman–Crippen MR) is 166 cm³/mol. The van der Waals surface area contributed by atoms with Gasteiger partial charge in [-0.1, -0.05) is 23.8 Å². The van der Waals surface area contributed by atoms with Crippen molar-refractivity contribution in [3.05, 3.63) is 100 Å². The van der Waals surface area contributed by atoms with Crippen molar-refractivity contribution in [1.82, 2.24) is 4.90 Å². The predicted octanol–water partition coefficient (Wildman–Crippen LogP) is 8.09. The molecule has 0 radical (unpaired) electrons. The summed E-state index contributed by atoms with van der Waals surface area (Å²) in [5.74, 6) is 1.72. The fourth-order valence-electron chi connectivity index (χ4n) is 4.99. The SMILES string of the molecule is CCN(CC)/C(=C/C=C1\CCCC(/C=C/C(c2ccc(OC)cc2)=[N+](CC)CC)=C1Cl)c1ccc(OC)cc1. The van der Waals surface area contributed by atoms with Crippen LogP contribution in [0.2, 0.25) is 0 Å². The summed E-state index contributed by atoms with van der Waals surface area (Å²) in [6.45, 7) is 12.5. The molecule has 39 heavy (non-hydrogen) atoms. The average Bonchev–Trinajstić information content (AvgIpc) is 2.98. The highest BCUT2D eigenvalue weighted by Gasteiger charge is 2.17. The molecule has 0 saturated carbocycles. The van der Waals surface area contributed by atoms with Crippen molar-refractivity contribution in [2.45, 2.75) is 47.0 Å². The minimum absolute atomic E-state index is 0.862. The Hall–Kier alpha value is -3.24. The first-order valence-electron chi connectivity index (χ1n) is 14.1. The maximum absolute atomic E-state index is 7.04. The van der Waals surface area contributed by atoms with Crippen molar-refractivity contribution >= 4 is 23.0 Å². The summed E-state index contributed by atoms with van der Waals surface area (Å²) in [4.78, 5) is 2.38. The van der Waals surface area contributed by atoms with E-state index in [0.29, 0.717) is 0 Å². The molecule has 0 unspecified atom stereocenters. The van der Waals surface area contributed by atoms with Crippen LogP contribution in [-0.4, -0.2) is 55.6 Å². The molecule has 0 aliphatic heterocycles. The summed E-state index contributed by atoms with van der Waals surface area (Å²) < 4.78 is 13.1. The van der Waals surface area contributed by atoms with E-state index in [9.17, 15) is 0 Å². The average molecular weight is 548 g/mol. The summed E-state index contributed by atoms with van der Waals surface area (Å²) in [5, 5.41) is 0.871. The van der Waals surface area contributed by atoms with Gasteiger partial charge in [-0.05, 0) is 118 Å². The van der Waals surface area contributed by atoms with E-state index in [-0.39, 0.29) is 0 Å². The highest BCUT2D eigenvalue weighted by molar-refractivity contribution is 6.32. The molecule has 0 atom stereocenters. The number of allylic oxidation sites excluding steroid dienone is 7. The number of nitrogens with zero attached hydrogens (tertiary/aromatic N) is 2. The Morgan fingerprint density at radius 3 is 1.92 bits per heavy atom. The van der Waals surface area contributed by atoms with Crippen LogP contribution < -0.4 is 9.47 Å². The number of hydrogen-bond acceptors (Lipinski definition) is 3. The highest BCUT2D eigenvalue weighted by Crippen LogP contribution is 2.34. The molecule has 0 spiro atoms. The van der Waals surface area contributed by atoms with Crippen LogP contribution >= 0.6 is 11.6 Å². The third-order valence-corrected chi connectivity index (χ3v) is 7.81. The van der Waals surface area contributed by atoms with Crippen molar-refractivity contribution in [3.8, 4) is 11.5 Å². The van der Waals surface area contributed by atoms with E-state index < -0.39 is 0 Å². The molecule has 1 aliphatic rings. The standard InChI is InChI=1S/C34H44ClN2O2/c1-7-36(8-2)32(26-14-20-30(38-5)21-15-26)24-18-28-12-11-13-29(34(28)35)19-25-33(37(9-3)10-4)27-16-22-31(39-6)23-17-27/h14-25H,7-13H2,1-6H3/q+1. The Morgan fingerprint density at radius 2 is 1.41 bits per heavy atom. The lowest BCUT2D eigenvalue weighted by Gasteiger charge is -2.25. The maximum atomic E-state index is 7.04. The summed E-state index contributed by atoms with van der Waals surface area (Å²) in [6, 6.07) is 16.6. The first-order valence-corrected chi connectivity index (χ1v) is 14.5. The van der Waals surface area contributed by atoms with E-state index in [4.69, 9.17) is 21.1 Å². The molecule has 0 aromatic heterocycles. The first-order chi connectivity index (χ1) is 19.0. The van der Waals surface area contributed by atoms with Crippen molar-refractivity contribution in [3.63, 3.8) is 0 Å². The minimum atomic E-state index is 0.862. The third kappa shape index (κ3) is 7.89. The van der Waals surface area contributed by atoms with Crippen LogP contribution in [0.15, 0.2) is 89.0 Å². The van der Waals surface area contributed by atoms with E-state index in [2.05, 4.69) is 85.7 Å². The Kier molecular flexibility index (Phi) is 11.9. The maximum Gasteiger partial charge on any atom is 0.207 e. The van der Waals surface area contributed by atoms with Crippen LogP contribution in [0.1, 0.15) is 58.1 Å². The summed E-state index contributed by atoms with van der Waals surface area (Å²) >= 11 is 7.04. The van der Waals surface area contributed by atoms with Crippen LogP contribution in [-0.2, 0) is 0 Å². The molecule has 0 bridgehead atoms. The van der Waals surface area contributed by atoms with Crippen LogP contribution in [0.25, 0.3) is 5.70 Å². The monoisotopic (exact) mass is 547 g/mol. The summed E-state index contributed by atoms with van der Waals surface area (Å²) in [5.41, 5.74) is 7.11. The largest absolute Gasteiger partial charge is 0.497 e. The van der Waals surface area contributed by atoms with E-state index in [1.807, 2.05) is 24.3 Å². The first kappa shape index (κ1) is 30.3. The molecule has 5 heteroatoms. The number of rotatable bonds is 12. The highest BCUT2D eigenvalue weighted by atomic mass is 35.5. The van der Waals surface area contributed by atoms with Crippen molar-refractivity contribution in [1.29, 1.82) is 0 Å². The fraction of sp³-hybridized carbons (Fsp3) is 0.382. The molecule has 3 rings (SSSR count). The van der Waals surface area contributed by atoms with Gasteiger partial charge in [-0.15, -0.1) is 0 Å². The molecular weight excluding hydrogens is 504 g/mol. The Morgan fingerprint density at radius 1 is 0.846 bits per heavy atom. The second kappa shape index (κ2) is 15.4. The molecule has 1 aliphatic carbocycles. The van der Waals surface area contributed by atoms with E-state index >= 15 is 0 Å². The van der Waals surface area contributed by atoms with Gasteiger partial charge in [0.2, 0.25) is 5.71 Å². The summed E-state index contributed by atoms with van der Waals surface area (Å²) in [6.07, 6.45) is 11.9. The third-order valence-electron chi connectivity index (χ3n) is 7.32. The molecule has 2 aromatic carbocycles. The molecule has 2 aromatic rings. The second-order valence-electron chi connectivity index (χ2n) is 9.46. The number of halogens is 1. The number of benzene rings is 2. The number of ether oxygens (including phenoxy) is 2. The molecular formula is C34H44ClN2O2+. The molecule has 208 valence electrons. The number of methoxy groups -OCH3 is 2. The Labute approximate surface area is 240 Å². The van der Waals surface area contributed by atoms with Gasteiger partial charge < -0.3 is 14.4 Å². The van der Waals surface area contributed by atoms with Gasteiger partial charge in [0.1, 0.15) is 24.6 Å². The molecule has 4 nitrogen and oxygen atoms in total. The van der Waals surface area contributed by atoms with Crippen molar-refractivity contribution < 1.29 is 14.0 Å². The zero-order valence-corrected chi connectivity index (χ0v) is 25.2. The van der Waals surface area contributed by atoms with Crippen LogP contribution in [0, 0.1) is 0 Å². The fourth-order valence-corrected chi connectivity index (χ4v) is 5.30. The molecule has 0 heterocycles. The zero-order chi connectivity index (χ0) is 28.2. The lowest BCUT2D eigenvalue weighted by molar-refractivity contribution is -0.519. The minimum Gasteiger partial charge on any atom is -0.497 e. The smallest absolute Gasteiger partial charge is 0.207 e. The van der Waals surface area contributed by atoms with Crippen molar-refractivity contribution in [2.24, 2.45) is 0 Å². The molecule has 0 fully saturated rings. The van der Waals surface area contributed by atoms with E-state index in [0.717, 1.165) is 62.0 Å². The van der Waals surface area contributed by atoms with Gasteiger partial charge in [0, 0.05) is 35.5 Å². The van der Waals surface area contributed by atoms with Gasteiger partial charge >= 0.3 is 0 Å². The Balaban J connectivity index is 1.98. The van der Waals surface area contributed by atoms with Gasteiger partial charge in [-0.2, -0.15) is 0 Å². The zero-order valence-electron chi connectivity index (χ0n) is 24.5. The summed E-state index contributed by atoms with van der Waals surface area (Å²) in [7, 11) is 3.40. The van der Waals surface area contributed by atoms with Crippen molar-refractivity contribution in [2.75, 3.05) is 40.4 Å². The van der Waals surface area contributed by atoms with Gasteiger partial charge in [-0.25, -0.2) is 4.58 Å². The van der Waals surface area contributed by atoms with Crippen LogP contribution in [0.4, 0.5) is 0 Å². The molecule has 0 amide bonds. The normalized spacial score (nSPS) is 15.2.